The van der Waals surface area contributed by atoms with E-state index in [1.807, 2.05) is 0 Å². The van der Waals surface area contributed by atoms with Gasteiger partial charge in [0.25, 0.3) is 0 Å². The van der Waals surface area contributed by atoms with Crippen LogP contribution in [0.1, 0.15) is 13.8 Å². The fraction of sp³-hybridized carbons (Fsp3) is 0.400. The van der Waals surface area contributed by atoms with Gasteiger partial charge < -0.3 is 0 Å². The van der Waals surface area contributed by atoms with Gasteiger partial charge in [0.15, 0.2) is 0 Å². The maximum atomic E-state index is 12.9. The predicted molar refractivity (Wildman–Crippen MR) is 48.4 cm³/mol. The molecule has 0 aromatic carbocycles. The number of hydrogen-bond donors (Lipinski definition) is 0. The molecule has 0 heterocycles. The summed E-state index contributed by atoms with van der Waals surface area (Å²) in [5, 5.41) is 0. The summed E-state index contributed by atoms with van der Waals surface area (Å²) in [4.78, 5) is 0. The minimum atomic E-state index is -4.72. The molecule has 0 spiro atoms. The first-order valence-corrected chi connectivity index (χ1v) is 3.98. The van der Waals surface area contributed by atoms with E-state index in [0.29, 0.717) is 5.57 Å². The quantitative estimate of drug-likeness (QED) is 0.482. The lowest BCUT2D eigenvalue weighted by molar-refractivity contribution is -0.0906. The van der Waals surface area contributed by atoms with Gasteiger partial charge in [-0.3, -0.25) is 0 Å². The van der Waals surface area contributed by atoms with Crippen molar-refractivity contribution in [3.63, 3.8) is 0 Å². The van der Waals surface area contributed by atoms with Crippen LogP contribution < -0.4 is 0 Å². The van der Waals surface area contributed by atoms with Crippen LogP contribution in [0.5, 0.6) is 0 Å². The Kier molecular flexibility index (Phi) is 4.10. The van der Waals surface area contributed by atoms with Crippen LogP contribution in [0.25, 0.3) is 0 Å². The SMILES string of the molecule is C=C(/C=C(/F)C(=C)C(F)(F)F)C(C)C. The van der Waals surface area contributed by atoms with Gasteiger partial charge in [0.05, 0.1) is 5.57 Å². The zero-order valence-corrected chi connectivity index (χ0v) is 8.08. The van der Waals surface area contributed by atoms with Gasteiger partial charge in [-0.15, -0.1) is 0 Å². The second kappa shape index (κ2) is 4.44. The van der Waals surface area contributed by atoms with Crippen molar-refractivity contribution >= 4 is 0 Å². The Hall–Kier alpha value is -1.06. The molecule has 0 amide bonds. The number of alkyl halides is 3. The van der Waals surface area contributed by atoms with Gasteiger partial charge in [-0.05, 0) is 17.6 Å². The predicted octanol–water partition coefficient (Wildman–Crippen LogP) is 4.17. The van der Waals surface area contributed by atoms with Crippen molar-refractivity contribution in [2.75, 3.05) is 0 Å². The summed E-state index contributed by atoms with van der Waals surface area (Å²) in [6.45, 7) is 9.48. The molecule has 0 unspecified atom stereocenters. The summed E-state index contributed by atoms with van der Waals surface area (Å²) in [7, 11) is 0. The molecule has 0 atom stereocenters. The van der Waals surface area contributed by atoms with Gasteiger partial charge in [-0.25, -0.2) is 4.39 Å². The monoisotopic (exact) mass is 208 g/mol. The highest BCUT2D eigenvalue weighted by Gasteiger charge is 2.34. The molecule has 80 valence electrons. The van der Waals surface area contributed by atoms with Gasteiger partial charge in [-0.1, -0.05) is 27.0 Å². The van der Waals surface area contributed by atoms with E-state index in [4.69, 9.17) is 0 Å². The Bertz CT molecular complexity index is 268. The third-order valence-electron chi connectivity index (χ3n) is 1.68. The maximum Gasteiger partial charge on any atom is 0.418 e. The first kappa shape index (κ1) is 12.9. The maximum absolute atomic E-state index is 12.9. The van der Waals surface area contributed by atoms with Gasteiger partial charge in [0.2, 0.25) is 0 Å². The van der Waals surface area contributed by atoms with Gasteiger partial charge >= 0.3 is 6.18 Å². The number of hydrogen-bond acceptors (Lipinski definition) is 0. The summed E-state index contributed by atoms with van der Waals surface area (Å²) in [6.07, 6.45) is -3.96. The summed E-state index contributed by atoms with van der Waals surface area (Å²) < 4.78 is 48.7. The van der Waals surface area contributed by atoms with Crippen molar-refractivity contribution in [2.24, 2.45) is 5.92 Å². The summed E-state index contributed by atoms with van der Waals surface area (Å²) in [5.74, 6) is -1.47. The molecule has 0 saturated heterocycles. The van der Waals surface area contributed by atoms with Crippen molar-refractivity contribution in [3.8, 4) is 0 Å². The molecule has 0 aliphatic rings. The minimum absolute atomic E-state index is 0.0956. The van der Waals surface area contributed by atoms with Crippen LogP contribution in [-0.2, 0) is 0 Å². The molecule has 0 saturated carbocycles. The normalized spacial score (nSPS) is 13.2. The number of allylic oxidation sites excluding steroid dienone is 4. The molecule has 14 heavy (non-hydrogen) atoms. The Morgan fingerprint density at radius 2 is 1.64 bits per heavy atom. The van der Waals surface area contributed by atoms with E-state index in [-0.39, 0.29) is 5.92 Å². The lowest BCUT2D eigenvalue weighted by atomic mass is 10.0. The van der Waals surface area contributed by atoms with Crippen molar-refractivity contribution in [2.45, 2.75) is 20.0 Å². The molecular weight excluding hydrogens is 196 g/mol. The van der Waals surface area contributed by atoms with E-state index < -0.39 is 17.6 Å². The second-order valence-electron chi connectivity index (χ2n) is 3.20. The molecular formula is C10H12F4. The number of halogens is 4. The molecule has 0 aromatic rings. The fourth-order valence-electron chi connectivity index (χ4n) is 0.552. The van der Waals surface area contributed by atoms with Crippen LogP contribution in [-0.4, -0.2) is 6.18 Å². The highest BCUT2D eigenvalue weighted by molar-refractivity contribution is 5.33. The summed E-state index contributed by atoms with van der Waals surface area (Å²) >= 11 is 0. The van der Waals surface area contributed by atoms with Crippen LogP contribution >= 0.6 is 0 Å². The van der Waals surface area contributed by atoms with Crippen LogP contribution in [0, 0.1) is 5.92 Å². The van der Waals surface area contributed by atoms with Gasteiger partial charge in [0, 0.05) is 0 Å². The van der Waals surface area contributed by atoms with E-state index >= 15 is 0 Å². The molecule has 0 bridgehead atoms. The van der Waals surface area contributed by atoms with Gasteiger partial charge in [-0.2, -0.15) is 13.2 Å². The average Bonchev–Trinajstić information content (AvgIpc) is 2.00. The Balaban J connectivity index is 4.72. The van der Waals surface area contributed by atoms with Crippen LogP contribution in [0.15, 0.2) is 36.2 Å². The minimum Gasteiger partial charge on any atom is -0.206 e. The first-order chi connectivity index (χ1) is 6.16. The Labute approximate surface area is 80.6 Å². The standard InChI is InChI=1S/C10H12F4/c1-6(2)7(3)5-9(11)8(4)10(12,13)14/h5-6H,3-4H2,1-2H3/b9-5+. The largest absolute Gasteiger partial charge is 0.418 e. The Morgan fingerprint density at radius 3 is 1.93 bits per heavy atom. The highest BCUT2D eigenvalue weighted by Crippen LogP contribution is 2.31. The average molecular weight is 208 g/mol. The van der Waals surface area contributed by atoms with Crippen LogP contribution in [0.3, 0.4) is 0 Å². The Morgan fingerprint density at radius 1 is 1.21 bits per heavy atom. The topological polar surface area (TPSA) is 0 Å². The van der Waals surface area contributed by atoms with E-state index in [9.17, 15) is 17.6 Å². The van der Waals surface area contributed by atoms with Crippen LogP contribution in [0.2, 0.25) is 0 Å². The first-order valence-electron chi connectivity index (χ1n) is 3.98. The lowest BCUT2D eigenvalue weighted by Gasteiger charge is -2.09. The van der Waals surface area contributed by atoms with Crippen molar-refractivity contribution in [3.05, 3.63) is 36.2 Å². The lowest BCUT2D eigenvalue weighted by Crippen LogP contribution is -2.11. The molecule has 0 rings (SSSR count). The van der Waals surface area contributed by atoms with E-state index in [0.717, 1.165) is 6.08 Å². The molecule has 0 aromatic heterocycles. The molecule has 0 fully saturated rings. The third kappa shape index (κ3) is 3.77. The smallest absolute Gasteiger partial charge is 0.206 e. The van der Waals surface area contributed by atoms with Gasteiger partial charge in [0.1, 0.15) is 5.83 Å². The molecule has 4 heteroatoms. The molecule has 0 aliphatic heterocycles. The van der Waals surface area contributed by atoms with Crippen molar-refractivity contribution < 1.29 is 17.6 Å². The summed E-state index contributed by atoms with van der Waals surface area (Å²) in [5.41, 5.74) is -1.17. The third-order valence-corrected chi connectivity index (χ3v) is 1.68. The van der Waals surface area contributed by atoms with E-state index in [1.54, 1.807) is 13.8 Å². The van der Waals surface area contributed by atoms with Crippen molar-refractivity contribution in [1.29, 1.82) is 0 Å². The fourth-order valence-corrected chi connectivity index (χ4v) is 0.552. The molecule has 0 aliphatic carbocycles. The zero-order chi connectivity index (χ0) is 11.5. The number of rotatable bonds is 3. The van der Waals surface area contributed by atoms with E-state index in [2.05, 4.69) is 13.2 Å². The van der Waals surface area contributed by atoms with Crippen LogP contribution in [0.4, 0.5) is 17.6 Å². The molecule has 0 N–H and O–H groups in total. The van der Waals surface area contributed by atoms with E-state index in [1.165, 1.54) is 0 Å². The summed E-state index contributed by atoms with van der Waals surface area (Å²) in [6, 6.07) is 0. The molecule has 0 nitrogen and oxygen atoms in total. The highest BCUT2D eigenvalue weighted by atomic mass is 19.4. The second-order valence-corrected chi connectivity index (χ2v) is 3.20. The zero-order valence-electron chi connectivity index (χ0n) is 8.08. The molecule has 0 radical (unpaired) electrons. The van der Waals surface area contributed by atoms with Crippen molar-refractivity contribution in [1.82, 2.24) is 0 Å².